The second-order valence-corrected chi connectivity index (χ2v) is 6.93. The molecule has 0 unspecified atom stereocenters. The van der Waals surface area contributed by atoms with E-state index in [1.54, 1.807) is 4.68 Å². The highest BCUT2D eigenvalue weighted by Gasteiger charge is 2.45. The first kappa shape index (κ1) is 16.4. The molecular weight excluding hydrogens is 340 g/mol. The predicted octanol–water partition coefficient (Wildman–Crippen LogP) is 1.85. The number of nitrogens with one attached hydrogen (secondary N) is 1. The van der Waals surface area contributed by atoms with Crippen LogP contribution in [0.15, 0.2) is 24.8 Å². The molecule has 3 aromatic rings. The van der Waals surface area contributed by atoms with Crippen LogP contribution < -0.4 is 10.1 Å². The predicted molar refractivity (Wildman–Crippen MR) is 96.1 cm³/mol. The van der Waals surface area contributed by atoms with Crippen molar-refractivity contribution in [1.82, 2.24) is 29.7 Å². The maximum absolute atomic E-state index is 6.35. The van der Waals surface area contributed by atoms with Crippen molar-refractivity contribution in [3.63, 3.8) is 0 Å². The minimum Gasteiger partial charge on any atom is -0.472 e. The van der Waals surface area contributed by atoms with Crippen molar-refractivity contribution in [2.24, 2.45) is 18.9 Å². The van der Waals surface area contributed by atoms with Gasteiger partial charge in [0.2, 0.25) is 5.88 Å². The summed E-state index contributed by atoms with van der Waals surface area (Å²) >= 11 is 0. The van der Waals surface area contributed by atoms with E-state index in [2.05, 4.69) is 15.5 Å². The number of hydrogen-bond acceptors (Lipinski definition) is 5. The lowest BCUT2D eigenvalue weighted by atomic mass is 9.73. The Morgan fingerprint density at radius 3 is 2.84 bits per heavy atom. The number of halogens is 1. The van der Waals surface area contributed by atoms with E-state index in [1.165, 1.54) is 0 Å². The summed E-state index contributed by atoms with van der Waals surface area (Å²) in [6.45, 7) is 4.21. The van der Waals surface area contributed by atoms with E-state index >= 15 is 0 Å². The Morgan fingerprint density at radius 2 is 2.08 bits per heavy atom. The lowest BCUT2D eigenvalue weighted by molar-refractivity contribution is 0.0144. The zero-order valence-electron chi connectivity index (χ0n) is 14.2. The summed E-state index contributed by atoms with van der Waals surface area (Å²) in [4.78, 5) is 4.80. The first-order valence-electron chi connectivity index (χ1n) is 8.40. The van der Waals surface area contributed by atoms with Crippen LogP contribution in [-0.2, 0) is 7.05 Å². The third-order valence-electron chi connectivity index (χ3n) is 5.32. The van der Waals surface area contributed by atoms with Gasteiger partial charge in [-0.3, -0.25) is 4.68 Å². The lowest BCUT2D eigenvalue weighted by Gasteiger charge is -2.39. The van der Waals surface area contributed by atoms with Crippen molar-refractivity contribution in [2.45, 2.75) is 19.4 Å². The second-order valence-electron chi connectivity index (χ2n) is 6.93. The average molecular weight is 361 g/mol. The second kappa shape index (κ2) is 6.00. The van der Waals surface area contributed by atoms with Crippen LogP contribution in [0, 0.1) is 18.8 Å². The molecule has 5 rings (SSSR count). The third kappa shape index (κ3) is 2.58. The standard InChI is InChI=1S/C17H20N6O.ClH/c1-10-4-20-23-9-14(12-6-19-22(2)8-12)21-17(16(10)23)24-15-3-11-5-18-7-13(11)15;/h4,6,8-9,11,13,15,18H,3,5,7H2,1-2H3;1H/t11-,13+,15-;/m1./s1. The molecule has 25 heavy (non-hydrogen) atoms. The van der Waals surface area contributed by atoms with Gasteiger partial charge in [-0.25, -0.2) is 9.50 Å². The van der Waals surface area contributed by atoms with Crippen LogP contribution in [0.2, 0.25) is 0 Å². The van der Waals surface area contributed by atoms with Gasteiger partial charge < -0.3 is 10.1 Å². The molecule has 8 heteroatoms. The number of aromatic nitrogens is 5. The summed E-state index contributed by atoms with van der Waals surface area (Å²) in [6.07, 6.45) is 8.92. The fraction of sp³-hybridized carbons (Fsp3) is 0.471. The maximum atomic E-state index is 6.35. The largest absolute Gasteiger partial charge is 0.472 e. The van der Waals surface area contributed by atoms with Crippen molar-refractivity contribution < 1.29 is 4.74 Å². The zero-order chi connectivity index (χ0) is 16.3. The Balaban J connectivity index is 0.00000157. The van der Waals surface area contributed by atoms with Gasteiger partial charge in [0.25, 0.3) is 0 Å². The summed E-state index contributed by atoms with van der Waals surface area (Å²) in [5, 5.41) is 12.1. The quantitative estimate of drug-likeness (QED) is 0.772. The van der Waals surface area contributed by atoms with Gasteiger partial charge in [0.1, 0.15) is 11.6 Å². The Bertz CT molecular complexity index is 919. The molecule has 132 valence electrons. The Labute approximate surface area is 151 Å². The smallest absolute Gasteiger partial charge is 0.241 e. The van der Waals surface area contributed by atoms with Crippen molar-refractivity contribution in [2.75, 3.05) is 13.1 Å². The van der Waals surface area contributed by atoms with Gasteiger partial charge in [0.05, 0.1) is 24.3 Å². The fourth-order valence-electron chi connectivity index (χ4n) is 3.90. The highest BCUT2D eigenvalue weighted by Crippen LogP contribution is 2.40. The highest BCUT2D eigenvalue weighted by molar-refractivity contribution is 5.85. The Hall–Kier alpha value is -2.12. The zero-order valence-corrected chi connectivity index (χ0v) is 15.0. The van der Waals surface area contributed by atoms with Gasteiger partial charge in [-0.2, -0.15) is 10.2 Å². The number of aryl methyl sites for hydroxylation is 2. The normalized spacial score (nSPS) is 24.6. The van der Waals surface area contributed by atoms with Gasteiger partial charge in [-0.05, 0) is 25.8 Å². The number of nitrogens with zero attached hydrogens (tertiary/aromatic N) is 5. The van der Waals surface area contributed by atoms with E-state index in [0.29, 0.717) is 11.8 Å². The molecule has 4 heterocycles. The van der Waals surface area contributed by atoms with Gasteiger partial charge in [0, 0.05) is 36.8 Å². The molecule has 0 amide bonds. The van der Waals surface area contributed by atoms with E-state index in [4.69, 9.17) is 9.72 Å². The lowest BCUT2D eigenvalue weighted by Crippen LogP contribution is -2.44. The average Bonchev–Trinajstić information content (AvgIpc) is 3.24. The monoisotopic (exact) mass is 360 g/mol. The summed E-state index contributed by atoms with van der Waals surface area (Å²) in [6, 6.07) is 0. The molecule has 2 aliphatic rings. The molecular formula is C17H21ClN6O. The minimum absolute atomic E-state index is 0. The summed E-state index contributed by atoms with van der Waals surface area (Å²) < 4.78 is 9.99. The number of rotatable bonds is 3. The third-order valence-corrected chi connectivity index (χ3v) is 5.32. The van der Waals surface area contributed by atoms with E-state index < -0.39 is 0 Å². The van der Waals surface area contributed by atoms with Gasteiger partial charge >= 0.3 is 0 Å². The van der Waals surface area contributed by atoms with Gasteiger partial charge in [-0.15, -0.1) is 12.4 Å². The SMILES string of the molecule is Cc1cnn2cc(-c3cnn(C)c3)nc(O[C@@H]3C[C@@H]4CNC[C@@H]43)c12.Cl. The first-order chi connectivity index (χ1) is 11.7. The molecule has 1 N–H and O–H groups in total. The van der Waals surface area contributed by atoms with Crippen LogP contribution in [0.4, 0.5) is 0 Å². The van der Waals surface area contributed by atoms with Gasteiger partial charge in [0.15, 0.2) is 0 Å². The maximum Gasteiger partial charge on any atom is 0.241 e. The van der Waals surface area contributed by atoms with E-state index in [1.807, 2.05) is 43.3 Å². The number of fused-ring (bicyclic) bond motifs is 2. The summed E-state index contributed by atoms with van der Waals surface area (Å²) in [5.41, 5.74) is 3.83. The summed E-state index contributed by atoms with van der Waals surface area (Å²) in [7, 11) is 1.90. The molecule has 0 aromatic carbocycles. The summed E-state index contributed by atoms with van der Waals surface area (Å²) in [5.74, 6) is 2.05. The molecule has 3 aromatic heterocycles. The van der Waals surface area contributed by atoms with Crippen LogP contribution in [0.1, 0.15) is 12.0 Å². The molecule has 3 atom stereocenters. The molecule has 1 aliphatic heterocycles. The minimum atomic E-state index is 0. The van der Waals surface area contributed by atoms with Crippen LogP contribution in [0.3, 0.4) is 0 Å². The molecule has 1 aliphatic carbocycles. The molecule has 1 saturated heterocycles. The van der Waals surface area contributed by atoms with E-state index in [9.17, 15) is 0 Å². The molecule has 0 bridgehead atoms. The molecule has 7 nitrogen and oxygen atoms in total. The van der Waals surface area contributed by atoms with Crippen molar-refractivity contribution in [1.29, 1.82) is 0 Å². The molecule has 0 radical (unpaired) electrons. The molecule has 1 saturated carbocycles. The van der Waals surface area contributed by atoms with E-state index in [-0.39, 0.29) is 18.5 Å². The Morgan fingerprint density at radius 1 is 1.20 bits per heavy atom. The van der Waals surface area contributed by atoms with Crippen LogP contribution >= 0.6 is 12.4 Å². The fourth-order valence-corrected chi connectivity index (χ4v) is 3.90. The van der Waals surface area contributed by atoms with Crippen molar-refractivity contribution in [3.05, 3.63) is 30.4 Å². The molecule has 0 spiro atoms. The van der Waals surface area contributed by atoms with Crippen LogP contribution in [-0.4, -0.2) is 43.6 Å². The van der Waals surface area contributed by atoms with Crippen molar-refractivity contribution >= 4 is 17.9 Å². The number of ether oxygens (including phenoxy) is 1. The van der Waals surface area contributed by atoms with Crippen LogP contribution in [0.25, 0.3) is 16.8 Å². The number of hydrogen-bond donors (Lipinski definition) is 1. The van der Waals surface area contributed by atoms with Crippen molar-refractivity contribution in [3.8, 4) is 17.1 Å². The van der Waals surface area contributed by atoms with E-state index in [0.717, 1.165) is 47.8 Å². The molecule has 2 fully saturated rings. The Kier molecular flexibility index (Phi) is 3.92. The van der Waals surface area contributed by atoms with Crippen LogP contribution in [0.5, 0.6) is 5.88 Å². The highest BCUT2D eigenvalue weighted by atomic mass is 35.5. The topological polar surface area (TPSA) is 69.3 Å². The van der Waals surface area contributed by atoms with Gasteiger partial charge in [-0.1, -0.05) is 0 Å². The first-order valence-corrected chi connectivity index (χ1v) is 8.40.